The Balaban J connectivity index is 1.73. The fourth-order valence-electron chi connectivity index (χ4n) is 4.72. The molecule has 0 aromatic heterocycles. The van der Waals surface area contributed by atoms with E-state index in [1.807, 2.05) is 24.3 Å². The molecule has 1 fully saturated rings. The second-order valence-electron chi connectivity index (χ2n) is 9.26. The zero-order valence-corrected chi connectivity index (χ0v) is 20.9. The van der Waals surface area contributed by atoms with Crippen LogP contribution in [0.5, 0.6) is 11.5 Å². The van der Waals surface area contributed by atoms with E-state index in [0.717, 1.165) is 31.6 Å². The van der Waals surface area contributed by atoms with Crippen LogP contribution in [0, 0.1) is 0 Å². The van der Waals surface area contributed by atoms with E-state index < -0.39 is 17.7 Å². The Bertz CT molecular complexity index is 1120. The zero-order chi connectivity index (χ0) is 25.1. The maximum Gasteiger partial charge on any atom is 0.295 e. The minimum Gasteiger partial charge on any atom is -0.507 e. The average molecular weight is 479 g/mol. The third kappa shape index (κ3) is 4.91. The van der Waals surface area contributed by atoms with Gasteiger partial charge in [-0.05, 0) is 61.3 Å². The lowest BCUT2D eigenvalue weighted by Crippen LogP contribution is -2.33. The number of nitrogens with zero attached hydrogens (tertiary/aromatic N) is 2. The Morgan fingerprint density at radius 1 is 1.06 bits per heavy atom. The maximum atomic E-state index is 13.3. The van der Waals surface area contributed by atoms with Gasteiger partial charge in [-0.15, -0.1) is 0 Å². The molecule has 2 aromatic carbocycles. The monoisotopic (exact) mass is 478 g/mol. The maximum absolute atomic E-state index is 13.3. The molecule has 35 heavy (non-hydrogen) atoms. The molecular formula is C28H34N2O5. The van der Waals surface area contributed by atoms with Gasteiger partial charge >= 0.3 is 0 Å². The van der Waals surface area contributed by atoms with Crippen molar-refractivity contribution in [3.8, 4) is 11.5 Å². The van der Waals surface area contributed by atoms with Crippen molar-refractivity contribution in [2.45, 2.75) is 46.1 Å². The highest BCUT2D eigenvalue weighted by Crippen LogP contribution is 2.41. The fourth-order valence-corrected chi connectivity index (χ4v) is 4.72. The van der Waals surface area contributed by atoms with Crippen LogP contribution < -0.4 is 9.47 Å². The van der Waals surface area contributed by atoms with Gasteiger partial charge in [-0.1, -0.05) is 52.0 Å². The molecule has 1 unspecified atom stereocenters. The molecule has 2 aromatic rings. The van der Waals surface area contributed by atoms with Crippen molar-refractivity contribution in [3.05, 3.63) is 64.7 Å². The highest BCUT2D eigenvalue weighted by atomic mass is 16.7. The molecule has 2 heterocycles. The fraction of sp³-hybridized carbons (Fsp3) is 0.429. The van der Waals surface area contributed by atoms with Crippen molar-refractivity contribution in [2.24, 2.45) is 0 Å². The molecule has 1 N–H and O–H groups in total. The van der Waals surface area contributed by atoms with E-state index in [0.29, 0.717) is 29.5 Å². The summed E-state index contributed by atoms with van der Waals surface area (Å²) < 4.78 is 10.8. The van der Waals surface area contributed by atoms with Gasteiger partial charge in [0.25, 0.3) is 11.7 Å². The lowest BCUT2D eigenvalue weighted by molar-refractivity contribution is -0.140. The van der Waals surface area contributed by atoms with Gasteiger partial charge in [0.05, 0.1) is 11.6 Å². The van der Waals surface area contributed by atoms with Crippen molar-refractivity contribution in [1.29, 1.82) is 0 Å². The third-order valence-electron chi connectivity index (χ3n) is 6.87. The number of aliphatic hydroxyl groups is 1. The van der Waals surface area contributed by atoms with Crippen molar-refractivity contribution in [2.75, 3.05) is 33.0 Å². The van der Waals surface area contributed by atoms with Crippen LogP contribution >= 0.6 is 0 Å². The molecule has 0 bridgehead atoms. The van der Waals surface area contributed by atoms with E-state index in [4.69, 9.17) is 9.47 Å². The quantitative estimate of drug-likeness (QED) is 0.320. The normalized spacial score (nSPS) is 18.8. The van der Waals surface area contributed by atoms with Crippen molar-refractivity contribution < 1.29 is 24.2 Å². The molecule has 4 rings (SSSR count). The first-order valence-corrected chi connectivity index (χ1v) is 12.4. The largest absolute Gasteiger partial charge is 0.507 e. The number of rotatable bonds is 9. The van der Waals surface area contributed by atoms with E-state index in [1.165, 1.54) is 5.56 Å². The van der Waals surface area contributed by atoms with Gasteiger partial charge in [-0.2, -0.15) is 0 Å². The van der Waals surface area contributed by atoms with Gasteiger partial charge in [0.15, 0.2) is 11.5 Å². The number of fused-ring (bicyclic) bond motifs is 1. The predicted molar refractivity (Wildman–Crippen MR) is 135 cm³/mol. The molecular weight excluding hydrogens is 444 g/mol. The number of hydrogen-bond acceptors (Lipinski definition) is 6. The number of carbonyl (C=O) groups excluding carboxylic acids is 2. The SMILES string of the molecule is CCN(CC)CCCN1C(=O)C(=O)/C(=C(/O)c2ccc3c(c2)OCO3)C1c1ccc(C(C)C)cc1. The van der Waals surface area contributed by atoms with Crippen LogP contribution in [-0.2, 0) is 9.59 Å². The molecule has 2 aliphatic rings. The molecule has 1 amide bonds. The number of amides is 1. The van der Waals surface area contributed by atoms with Crippen LogP contribution in [-0.4, -0.2) is 59.6 Å². The van der Waals surface area contributed by atoms with Gasteiger partial charge in [-0.3, -0.25) is 9.59 Å². The van der Waals surface area contributed by atoms with Crippen LogP contribution in [0.1, 0.15) is 62.8 Å². The van der Waals surface area contributed by atoms with Crippen LogP contribution in [0.3, 0.4) is 0 Å². The Morgan fingerprint density at radius 2 is 1.74 bits per heavy atom. The van der Waals surface area contributed by atoms with Crippen LogP contribution in [0.25, 0.3) is 5.76 Å². The second-order valence-corrected chi connectivity index (χ2v) is 9.26. The summed E-state index contributed by atoms with van der Waals surface area (Å²) in [5.41, 5.74) is 2.50. The summed E-state index contributed by atoms with van der Waals surface area (Å²) in [7, 11) is 0. The average Bonchev–Trinajstić information content (AvgIpc) is 3.44. The molecule has 0 aliphatic carbocycles. The second kappa shape index (κ2) is 10.5. The number of likely N-dealkylation sites (tertiary alicyclic amines) is 1. The van der Waals surface area contributed by atoms with Crippen molar-refractivity contribution >= 4 is 17.4 Å². The van der Waals surface area contributed by atoms with Crippen molar-refractivity contribution in [1.82, 2.24) is 9.80 Å². The summed E-state index contributed by atoms with van der Waals surface area (Å²) >= 11 is 0. The van der Waals surface area contributed by atoms with Gasteiger partial charge in [0, 0.05) is 12.1 Å². The number of Topliss-reactive ketones (excluding diaryl/α,β-unsaturated/α-hetero) is 1. The molecule has 7 nitrogen and oxygen atoms in total. The van der Waals surface area contributed by atoms with E-state index in [-0.39, 0.29) is 18.1 Å². The Morgan fingerprint density at radius 3 is 2.40 bits per heavy atom. The molecule has 7 heteroatoms. The van der Waals surface area contributed by atoms with E-state index in [1.54, 1.807) is 23.1 Å². The predicted octanol–water partition coefficient (Wildman–Crippen LogP) is 4.69. The van der Waals surface area contributed by atoms with Gasteiger partial charge < -0.3 is 24.4 Å². The number of aliphatic hydroxyl groups excluding tert-OH is 1. The molecule has 2 aliphatic heterocycles. The minimum absolute atomic E-state index is 0.106. The molecule has 0 spiro atoms. The molecule has 0 radical (unpaired) electrons. The molecule has 0 saturated carbocycles. The summed E-state index contributed by atoms with van der Waals surface area (Å²) in [5, 5.41) is 11.3. The summed E-state index contributed by atoms with van der Waals surface area (Å²) in [6.45, 7) is 11.7. The smallest absolute Gasteiger partial charge is 0.295 e. The van der Waals surface area contributed by atoms with E-state index >= 15 is 0 Å². The number of ether oxygens (including phenoxy) is 2. The van der Waals surface area contributed by atoms with E-state index in [9.17, 15) is 14.7 Å². The number of ketones is 1. The first-order chi connectivity index (χ1) is 16.8. The first kappa shape index (κ1) is 24.8. The van der Waals surface area contributed by atoms with E-state index in [2.05, 4.69) is 32.6 Å². The molecule has 1 saturated heterocycles. The van der Waals surface area contributed by atoms with Gasteiger partial charge in [0.2, 0.25) is 6.79 Å². The zero-order valence-electron chi connectivity index (χ0n) is 20.9. The Kier molecular flexibility index (Phi) is 7.45. The van der Waals surface area contributed by atoms with Gasteiger partial charge in [0.1, 0.15) is 5.76 Å². The standard InChI is InChI=1S/C28H34N2O5/c1-5-29(6-2)14-7-15-30-25(20-10-8-19(9-11-20)18(3)4)24(27(32)28(30)33)26(31)21-12-13-22-23(16-21)35-17-34-22/h8-13,16,18,25,31H,5-7,14-15,17H2,1-4H3/b26-24+. The Hall–Kier alpha value is -3.32. The third-order valence-corrected chi connectivity index (χ3v) is 6.87. The number of carbonyl (C=O) groups is 2. The van der Waals surface area contributed by atoms with Crippen molar-refractivity contribution in [3.63, 3.8) is 0 Å². The Labute approximate surface area is 206 Å². The number of hydrogen-bond donors (Lipinski definition) is 1. The highest BCUT2D eigenvalue weighted by Gasteiger charge is 2.45. The lowest BCUT2D eigenvalue weighted by atomic mass is 9.93. The first-order valence-electron chi connectivity index (χ1n) is 12.4. The topological polar surface area (TPSA) is 79.3 Å². The molecule has 1 atom stereocenters. The number of benzene rings is 2. The highest BCUT2D eigenvalue weighted by molar-refractivity contribution is 6.46. The molecule has 186 valence electrons. The summed E-state index contributed by atoms with van der Waals surface area (Å²) in [6, 6.07) is 12.3. The van der Waals surface area contributed by atoms with Crippen LogP contribution in [0.15, 0.2) is 48.0 Å². The summed E-state index contributed by atoms with van der Waals surface area (Å²) in [6.07, 6.45) is 0.735. The van der Waals surface area contributed by atoms with Gasteiger partial charge in [-0.25, -0.2) is 0 Å². The summed E-state index contributed by atoms with van der Waals surface area (Å²) in [4.78, 5) is 30.3. The lowest BCUT2D eigenvalue weighted by Gasteiger charge is -2.27. The minimum atomic E-state index is -0.666. The van der Waals surface area contributed by atoms with Crippen LogP contribution in [0.2, 0.25) is 0 Å². The van der Waals surface area contributed by atoms with Crippen LogP contribution in [0.4, 0.5) is 0 Å². The summed E-state index contributed by atoms with van der Waals surface area (Å²) in [5.74, 6) is -0.00535.